The van der Waals surface area contributed by atoms with Crippen LogP contribution in [0, 0.1) is 5.92 Å². The van der Waals surface area contributed by atoms with Gasteiger partial charge in [-0.05, 0) is 25.2 Å². The molecule has 2 nitrogen and oxygen atoms in total. The van der Waals surface area contributed by atoms with Gasteiger partial charge in [0.25, 0.3) is 0 Å². The molecule has 1 fully saturated rings. The average molecular weight is 190 g/mol. The van der Waals surface area contributed by atoms with E-state index in [1.54, 1.807) is 0 Å². The van der Waals surface area contributed by atoms with Gasteiger partial charge in [-0.15, -0.1) is 0 Å². The zero-order chi connectivity index (χ0) is 9.19. The molecular weight excluding hydrogens is 172 g/mol. The van der Waals surface area contributed by atoms with E-state index < -0.39 is 9.84 Å². The first-order chi connectivity index (χ1) is 5.56. The highest BCUT2D eigenvalue weighted by molar-refractivity contribution is 7.92. The third kappa shape index (κ3) is 2.22. The summed E-state index contributed by atoms with van der Waals surface area (Å²) in [7, 11) is -2.69. The van der Waals surface area contributed by atoms with Gasteiger partial charge < -0.3 is 0 Å². The summed E-state index contributed by atoms with van der Waals surface area (Å²) in [5, 5.41) is -0.0209. The molecule has 0 aliphatic carbocycles. The zero-order valence-electron chi connectivity index (χ0n) is 7.91. The number of hydrogen-bond acceptors (Lipinski definition) is 2. The van der Waals surface area contributed by atoms with Crippen LogP contribution in [-0.2, 0) is 9.84 Å². The third-order valence-electron chi connectivity index (χ3n) is 2.83. The summed E-state index contributed by atoms with van der Waals surface area (Å²) in [6.45, 7) is 4.25. The van der Waals surface area contributed by atoms with Crippen LogP contribution >= 0.6 is 0 Å². The molecule has 12 heavy (non-hydrogen) atoms. The fourth-order valence-electron chi connectivity index (χ4n) is 1.74. The summed E-state index contributed by atoms with van der Waals surface area (Å²) in [4.78, 5) is 0. The van der Waals surface area contributed by atoms with Gasteiger partial charge in [0.05, 0.1) is 11.0 Å². The van der Waals surface area contributed by atoms with E-state index in [0.29, 0.717) is 11.7 Å². The topological polar surface area (TPSA) is 34.1 Å². The second-order valence-electron chi connectivity index (χ2n) is 3.88. The Labute approximate surface area is 75.3 Å². The van der Waals surface area contributed by atoms with Crippen molar-refractivity contribution in [2.24, 2.45) is 5.92 Å². The van der Waals surface area contributed by atoms with E-state index in [2.05, 4.69) is 13.8 Å². The fraction of sp³-hybridized carbons (Fsp3) is 1.00. The zero-order valence-corrected chi connectivity index (χ0v) is 8.73. The van der Waals surface area contributed by atoms with Crippen LogP contribution in [0.2, 0.25) is 0 Å². The van der Waals surface area contributed by atoms with Gasteiger partial charge in [-0.3, -0.25) is 0 Å². The van der Waals surface area contributed by atoms with Crippen molar-refractivity contribution < 1.29 is 8.42 Å². The summed E-state index contributed by atoms with van der Waals surface area (Å²) >= 11 is 0. The van der Waals surface area contributed by atoms with Crippen molar-refractivity contribution >= 4 is 9.84 Å². The molecule has 0 bridgehead atoms. The average Bonchev–Trinajstić information content (AvgIpc) is 2.31. The Bertz CT molecular complexity index is 231. The minimum Gasteiger partial charge on any atom is -0.229 e. The Morgan fingerprint density at radius 3 is 2.58 bits per heavy atom. The number of hydrogen-bond donors (Lipinski definition) is 0. The predicted octanol–water partition coefficient (Wildman–Crippen LogP) is 2.00. The summed E-state index contributed by atoms with van der Waals surface area (Å²) in [5.41, 5.74) is 0. The lowest BCUT2D eigenvalue weighted by Crippen LogP contribution is -2.18. The largest absolute Gasteiger partial charge is 0.229 e. The Morgan fingerprint density at radius 2 is 2.17 bits per heavy atom. The van der Waals surface area contributed by atoms with Gasteiger partial charge in [0, 0.05) is 0 Å². The van der Waals surface area contributed by atoms with Gasteiger partial charge in [-0.2, -0.15) is 0 Å². The normalized spacial score (nSPS) is 30.3. The van der Waals surface area contributed by atoms with E-state index >= 15 is 0 Å². The van der Waals surface area contributed by atoms with Gasteiger partial charge in [0.1, 0.15) is 0 Å². The standard InChI is InChI=1S/C9H18O2S/c1-3-8(2)7-9-5-4-6-12(9,10)11/h8-9H,3-7H2,1-2H3. The molecule has 0 radical (unpaired) electrons. The third-order valence-corrected chi connectivity index (χ3v) is 5.13. The molecule has 1 saturated heterocycles. The molecule has 0 saturated carbocycles. The van der Waals surface area contributed by atoms with Gasteiger partial charge in [0.2, 0.25) is 0 Å². The maximum absolute atomic E-state index is 11.4. The van der Waals surface area contributed by atoms with Crippen molar-refractivity contribution in [3.63, 3.8) is 0 Å². The summed E-state index contributed by atoms with van der Waals surface area (Å²) < 4.78 is 22.8. The summed E-state index contributed by atoms with van der Waals surface area (Å²) in [5.74, 6) is 0.983. The lowest BCUT2D eigenvalue weighted by Gasteiger charge is -2.13. The van der Waals surface area contributed by atoms with E-state index in [1.165, 1.54) is 0 Å². The van der Waals surface area contributed by atoms with Crippen molar-refractivity contribution in [3.05, 3.63) is 0 Å². The maximum atomic E-state index is 11.4. The molecule has 0 spiro atoms. The minimum atomic E-state index is -2.69. The van der Waals surface area contributed by atoms with E-state index in [0.717, 1.165) is 25.7 Å². The molecule has 0 aromatic heterocycles. The van der Waals surface area contributed by atoms with Crippen molar-refractivity contribution in [2.75, 3.05) is 5.75 Å². The van der Waals surface area contributed by atoms with Crippen LogP contribution < -0.4 is 0 Å². The van der Waals surface area contributed by atoms with Gasteiger partial charge in [0.15, 0.2) is 9.84 Å². The van der Waals surface area contributed by atoms with Crippen LogP contribution in [0.4, 0.5) is 0 Å². The Hall–Kier alpha value is -0.0500. The molecule has 0 amide bonds. The van der Waals surface area contributed by atoms with E-state index in [1.807, 2.05) is 0 Å². The molecule has 1 aliphatic rings. The van der Waals surface area contributed by atoms with Crippen LogP contribution in [0.15, 0.2) is 0 Å². The van der Waals surface area contributed by atoms with Crippen LogP contribution in [0.1, 0.15) is 39.5 Å². The quantitative estimate of drug-likeness (QED) is 0.682. The molecule has 2 unspecified atom stereocenters. The number of sulfone groups is 1. The Kier molecular flexibility index (Phi) is 3.16. The summed E-state index contributed by atoms with van der Waals surface area (Å²) in [6, 6.07) is 0. The van der Waals surface area contributed by atoms with Crippen LogP contribution in [0.3, 0.4) is 0 Å². The van der Waals surface area contributed by atoms with E-state index in [9.17, 15) is 8.42 Å². The minimum absolute atomic E-state index is 0.0209. The summed E-state index contributed by atoms with van der Waals surface area (Å²) in [6.07, 6.45) is 3.74. The van der Waals surface area contributed by atoms with E-state index in [-0.39, 0.29) is 5.25 Å². The molecule has 72 valence electrons. The van der Waals surface area contributed by atoms with Crippen molar-refractivity contribution in [1.82, 2.24) is 0 Å². The number of rotatable bonds is 3. The fourth-order valence-corrected chi connectivity index (χ4v) is 3.79. The second kappa shape index (κ2) is 3.77. The molecule has 1 aliphatic heterocycles. The monoisotopic (exact) mass is 190 g/mol. The Morgan fingerprint density at radius 1 is 1.50 bits per heavy atom. The maximum Gasteiger partial charge on any atom is 0.153 e. The van der Waals surface area contributed by atoms with Crippen molar-refractivity contribution in [3.8, 4) is 0 Å². The van der Waals surface area contributed by atoms with Gasteiger partial charge in [-0.25, -0.2) is 8.42 Å². The van der Waals surface area contributed by atoms with E-state index in [4.69, 9.17) is 0 Å². The highest BCUT2D eigenvalue weighted by atomic mass is 32.2. The highest BCUT2D eigenvalue weighted by Gasteiger charge is 2.31. The predicted molar refractivity (Wildman–Crippen MR) is 50.9 cm³/mol. The molecule has 1 rings (SSSR count). The highest BCUT2D eigenvalue weighted by Crippen LogP contribution is 2.26. The molecule has 0 aromatic rings. The molecule has 0 aromatic carbocycles. The lowest BCUT2D eigenvalue weighted by atomic mass is 10.0. The molecule has 0 N–H and O–H groups in total. The van der Waals surface area contributed by atoms with Crippen molar-refractivity contribution in [1.29, 1.82) is 0 Å². The van der Waals surface area contributed by atoms with Crippen LogP contribution in [0.25, 0.3) is 0 Å². The lowest BCUT2D eigenvalue weighted by molar-refractivity contribution is 0.484. The smallest absolute Gasteiger partial charge is 0.153 e. The van der Waals surface area contributed by atoms with Crippen molar-refractivity contribution in [2.45, 2.75) is 44.8 Å². The Balaban J connectivity index is 2.53. The van der Waals surface area contributed by atoms with Crippen LogP contribution in [0.5, 0.6) is 0 Å². The molecule has 3 heteroatoms. The van der Waals surface area contributed by atoms with Gasteiger partial charge >= 0.3 is 0 Å². The second-order valence-corrected chi connectivity index (χ2v) is 6.28. The van der Waals surface area contributed by atoms with Gasteiger partial charge in [-0.1, -0.05) is 20.3 Å². The molecule has 2 atom stereocenters. The molecule has 1 heterocycles. The SMILES string of the molecule is CCC(C)CC1CCCS1(=O)=O. The first-order valence-corrected chi connectivity index (χ1v) is 6.49. The molecular formula is C9H18O2S. The first-order valence-electron chi connectivity index (χ1n) is 4.78. The first kappa shape index (κ1) is 10.0. The van der Waals surface area contributed by atoms with Crippen LogP contribution in [-0.4, -0.2) is 19.4 Å².